The summed E-state index contributed by atoms with van der Waals surface area (Å²) in [6, 6.07) is 13.5. The number of nitrogens with zero attached hydrogens (tertiary/aromatic N) is 2. The van der Waals surface area contributed by atoms with Gasteiger partial charge in [-0.05, 0) is 29.8 Å². The molecule has 3 aromatic rings. The van der Waals surface area contributed by atoms with Gasteiger partial charge in [-0.1, -0.05) is 29.8 Å². The van der Waals surface area contributed by atoms with E-state index in [0.29, 0.717) is 5.15 Å². The lowest BCUT2D eigenvalue weighted by Gasteiger charge is -2.06. The summed E-state index contributed by atoms with van der Waals surface area (Å²) in [7, 11) is 0. The third-order valence-electron chi connectivity index (χ3n) is 2.92. The van der Waals surface area contributed by atoms with Crippen molar-refractivity contribution in [3.8, 4) is 5.69 Å². The highest BCUT2D eigenvalue weighted by Crippen LogP contribution is 2.24. The van der Waals surface area contributed by atoms with Gasteiger partial charge >= 0.3 is 0 Å². The average molecular weight is 259 g/mol. The van der Waals surface area contributed by atoms with Gasteiger partial charge in [-0.15, -0.1) is 0 Å². The van der Waals surface area contributed by atoms with E-state index in [0.717, 1.165) is 22.3 Å². The second-order valence-corrected chi connectivity index (χ2v) is 4.41. The molecule has 0 spiro atoms. The maximum Gasteiger partial charge on any atom is 0.146 e. The van der Waals surface area contributed by atoms with Gasteiger partial charge in [-0.25, -0.2) is 4.98 Å². The van der Waals surface area contributed by atoms with Crippen molar-refractivity contribution in [2.45, 2.75) is 6.61 Å². The molecule has 3 nitrogen and oxygen atoms in total. The molecule has 0 aliphatic carbocycles. The Morgan fingerprint density at radius 3 is 2.67 bits per heavy atom. The lowest BCUT2D eigenvalue weighted by molar-refractivity contribution is 0.283. The molecule has 0 radical (unpaired) electrons. The van der Waals surface area contributed by atoms with Crippen LogP contribution in [0.3, 0.4) is 0 Å². The highest BCUT2D eigenvalue weighted by molar-refractivity contribution is 6.29. The average Bonchev–Trinajstić information content (AvgIpc) is 2.82. The summed E-state index contributed by atoms with van der Waals surface area (Å²) in [6.45, 7) is -0.0441. The SMILES string of the molecule is OCc1cc(Cl)nc2c1ccn2-c1ccccc1. The summed E-state index contributed by atoms with van der Waals surface area (Å²) in [5.74, 6) is 0. The normalized spacial score (nSPS) is 11.0. The minimum atomic E-state index is -0.0441. The van der Waals surface area contributed by atoms with Gasteiger partial charge in [0, 0.05) is 17.3 Å². The Hall–Kier alpha value is -1.84. The van der Waals surface area contributed by atoms with E-state index in [9.17, 15) is 5.11 Å². The predicted octanol–water partition coefficient (Wildman–Crippen LogP) is 3.17. The molecule has 0 unspecified atom stereocenters. The van der Waals surface area contributed by atoms with Crippen molar-refractivity contribution in [1.29, 1.82) is 0 Å². The molecule has 2 aromatic heterocycles. The number of benzene rings is 1. The molecule has 0 aliphatic heterocycles. The third-order valence-corrected chi connectivity index (χ3v) is 3.11. The number of aromatic nitrogens is 2. The first-order valence-corrected chi connectivity index (χ1v) is 6.00. The zero-order valence-electron chi connectivity index (χ0n) is 9.55. The summed E-state index contributed by atoms with van der Waals surface area (Å²) < 4.78 is 1.96. The van der Waals surface area contributed by atoms with Crippen molar-refractivity contribution in [3.05, 3.63) is 59.4 Å². The maximum atomic E-state index is 9.34. The molecule has 0 aliphatic rings. The molecule has 90 valence electrons. The van der Waals surface area contributed by atoms with E-state index in [2.05, 4.69) is 4.98 Å². The zero-order chi connectivity index (χ0) is 12.5. The second-order valence-electron chi connectivity index (χ2n) is 4.02. The summed E-state index contributed by atoms with van der Waals surface area (Å²) in [4.78, 5) is 4.34. The van der Waals surface area contributed by atoms with E-state index < -0.39 is 0 Å². The van der Waals surface area contributed by atoms with Crippen molar-refractivity contribution in [2.75, 3.05) is 0 Å². The number of hydrogen-bond donors (Lipinski definition) is 1. The molecule has 4 heteroatoms. The molecule has 1 aromatic carbocycles. The Bertz CT molecular complexity index is 692. The van der Waals surface area contributed by atoms with E-state index in [1.807, 2.05) is 47.2 Å². The highest BCUT2D eigenvalue weighted by Gasteiger charge is 2.09. The van der Waals surface area contributed by atoms with Crippen LogP contribution in [0, 0.1) is 0 Å². The fourth-order valence-electron chi connectivity index (χ4n) is 2.07. The lowest BCUT2D eigenvalue weighted by Crippen LogP contribution is -1.95. The molecule has 1 N–H and O–H groups in total. The van der Waals surface area contributed by atoms with Crippen LogP contribution in [-0.2, 0) is 6.61 Å². The van der Waals surface area contributed by atoms with Gasteiger partial charge in [-0.2, -0.15) is 0 Å². The number of para-hydroxylation sites is 1. The van der Waals surface area contributed by atoms with Crippen molar-refractivity contribution >= 4 is 22.6 Å². The molecule has 18 heavy (non-hydrogen) atoms. The molecule has 2 heterocycles. The van der Waals surface area contributed by atoms with Crippen LogP contribution in [0.15, 0.2) is 48.7 Å². The fraction of sp³-hybridized carbons (Fsp3) is 0.0714. The number of fused-ring (bicyclic) bond motifs is 1. The number of hydrogen-bond acceptors (Lipinski definition) is 2. The Morgan fingerprint density at radius 2 is 1.94 bits per heavy atom. The van der Waals surface area contributed by atoms with Gasteiger partial charge in [0.05, 0.1) is 6.61 Å². The van der Waals surface area contributed by atoms with E-state index in [-0.39, 0.29) is 6.61 Å². The predicted molar refractivity (Wildman–Crippen MR) is 72.0 cm³/mol. The van der Waals surface area contributed by atoms with Gasteiger partial charge in [0.2, 0.25) is 0 Å². The largest absolute Gasteiger partial charge is 0.392 e. The van der Waals surface area contributed by atoms with Crippen LogP contribution < -0.4 is 0 Å². The van der Waals surface area contributed by atoms with Crippen molar-refractivity contribution < 1.29 is 5.11 Å². The zero-order valence-corrected chi connectivity index (χ0v) is 10.3. The Balaban J connectivity index is 2.30. The van der Waals surface area contributed by atoms with Crippen molar-refractivity contribution in [3.63, 3.8) is 0 Å². The van der Waals surface area contributed by atoms with E-state index in [4.69, 9.17) is 11.6 Å². The van der Waals surface area contributed by atoms with Gasteiger partial charge in [0.15, 0.2) is 0 Å². The van der Waals surface area contributed by atoms with Gasteiger partial charge < -0.3 is 9.67 Å². The van der Waals surface area contributed by atoms with Gasteiger partial charge in [-0.3, -0.25) is 0 Å². The van der Waals surface area contributed by atoms with Crippen LogP contribution in [-0.4, -0.2) is 14.7 Å². The number of halogens is 1. The second kappa shape index (κ2) is 4.44. The van der Waals surface area contributed by atoms with Crippen LogP contribution in [0.5, 0.6) is 0 Å². The third kappa shape index (κ3) is 1.78. The maximum absolute atomic E-state index is 9.34. The smallest absolute Gasteiger partial charge is 0.146 e. The van der Waals surface area contributed by atoms with Crippen molar-refractivity contribution in [1.82, 2.24) is 9.55 Å². The molecule has 0 saturated carbocycles. The number of aliphatic hydroxyl groups excluding tert-OH is 1. The number of pyridine rings is 1. The van der Waals surface area contributed by atoms with Crippen LogP contribution in [0.1, 0.15) is 5.56 Å². The quantitative estimate of drug-likeness (QED) is 0.717. The Morgan fingerprint density at radius 1 is 1.17 bits per heavy atom. The molecular weight excluding hydrogens is 248 g/mol. The topological polar surface area (TPSA) is 38.1 Å². The van der Waals surface area contributed by atoms with Crippen LogP contribution in [0.4, 0.5) is 0 Å². The van der Waals surface area contributed by atoms with Crippen molar-refractivity contribution in [2.24, 2.45) is 0 Å². The summed E-state index contributed by atoms with van der Waals surface area (Å²) in [5.41, 5.74) is 2.57. The molecule has 3 rings (SSSR count). The molecule has 0 fully saturated rings. The Labute approximate surface area is 109 Å². The molecule has 0 saturated heterocycles. The monoisotopic (exact) mass is 258 g/mol. The Kier molecular flexibility index (Phi) is 2.78. The summed E-state index contributed by atoms with van der Waals surface area (Å²) >= 11 is 5.98. The van der Waals surface area contributed by atoms with Crippen LogP contribution in [0.2, 0.25) is 5.15 Å². The summed E-state index contributed by atoms with van der Waals surface area (Å²) in [6.07, 6.45) is 1.93. The number of aliphatic hydroxyl groups is 1. The highest BCUT2D eigenvalue weighted by atomic mass is 35.5. The van der Waals surface area contributed by atoms with Gasteiger partial charge in [0.25, 0.3) is 0 Å². The first kappa shape index (κ1) is 11.3. The van der Waals surface area contributed by atoms with Crippen LogP contribution >= 0.6 is 11.6 Å². The first-order valence-electron chi connectivity index (χ1n) is 5.62. The van der Waals surface area contributed by atoms with E-state index in [1.54, 1.807) is 6.07 Å². The van der Waals surface area contributed by atoms with Crippen LogP contribution in [0.25, 0.3) is 16.7 Å². The first-order chi connectivity index (χ1) is 8.79. The minimum absolute atomic E-state index is 0.0441. The van der Waals surface area contributed by atoms with Gasteiger partial charge in [0.1, 0.15) is 10.8 Å². The minimum Gasteiger partial charge on any atom is -0.392 e. The van der Waals surface area contributed by atoms with E-state index in [1.165, 1.54) is 0 Å². The molecule has 0 bridgehead atoms. The lowest BCUT2D eigenvalue weighted by atomic mass is 10.2. The fourth-order valence-corrected chi connectivity index (χ4v) is 2.28. The molecule has 0 amide bonds. The summed E-state index contributed by atoms with van der Waals surface area (Å²) in [5, 5.41) is 10.7. The van der Waals surface area contributed by atoms with E-state index >= 15 is 0 Å². The number of rotatable bonds is 2. The molecular formula is C14H11ClN2O. The molecule has 0 atom stereocenters. The standard InChI is InChI=1S/C14H11ClN2O/c15-13-8-10(9-18)12-6-7-17(14(12)16-13)11-4-2-1-3-5-11/h1-8,18H,9H2.